The Morgan fingerprint density at radius 1 is 1.25 bits per heavy atom. The molecule has 0 bridgehead atoms. The van der Waals surface area contributed by atoms with Crippen molar-refractivity contribution >= 4 is 34.7 Å². The van der Waals surface area contributed by atoms with E-state index in [0.29, 0.717) is 16.3 Å². The molecule has 0 radical (unpaired) electrons. The molecule has 2 aromatic carbocycles. The summed E-state index contributed by atoms with van der Waals surface area (Å²) in [5.74, 6) is 0.674. The lowest BCUT2D eigenvalue weighted by atomic mass is 10.2. The number of rotatable bonds is 4. The number of nitrogens with one attached hydrogen (secondary N) is 1. The van der Waals surface area contributed by atoms with Crippen LogP contribution in [0, 0.1) is 11.3 Å². The Bertz CT molecular complexity index is 667. The van der Waals surface area contributed by atoms with Gasteiger partial charge in [-0.05, 0) is 36.6 Å². The van der Waals surface area contributed by atoms with Crippen LogP contribution >= 0.6 is 23.4 Å². The van der Waals surface area contributed by atoms with Crippen molar-refractivity contribution in [2.75, 3.05) is 18.7 Å². The smallest absolute Gasteiger partial charge is 0.142 e. The van der Waals surface area contributed by atoms with Gasteiger partial charge in [0.1, 0.15) is 11.8 Å². The van der Waals surface area contributed by atoms with E-state index in [2.05, 4.69) is 11.4 Å². The fourth-order valence-electron chi connectivity index (χ4n) is 1.84. The number of nitrogens with zero attached hydrogens (tertiary/aromatic N) is 1. The molecule has 0 aromatic heterocycles. The number of hydrogen-bond acceptors (Lipinski definition) is 4. The Balaban J connectivity index is 2.45. The van der Waals surface area contributed by atoms with Gasteiger partial charge in [0.2, 0.25) is 0 Å². The Morgan fingerprint density at radius 2 is 2.05 bits per heavy atom. The number of thioether (sulfide) groups is 1. The fraction of sp³-hybridized carbons (Fsp3) is 0.133. The Labute approximate surface area is 127 Å². The van der Waals surface area contributed by atoms with Gasteiger partial charge in [-0.1, -0.05) is 17.7 Å². The van der Waals surface area contributed by atoms with Crippen molar-refractivity contribution in [1.82, 2.24) is 0 Å². The molecule has 0 amide bonds. The second-order valence-electron chi connectivity index (χ2n) is 3.96. The van der Waals surface area contributed by atoms with Crippen molar-refractivity contribution in [2.45, 2.75) is 4.90 Å². The number of nitriles is 1. The summed E-state index contributed by atoms with van der Waals surface area (Å²) >= 11 is 7.55. The second-order valence-corrected chi connectivity index (χ2v) is 5.25. The maximum Gasteiger partial charge on any atom is 0.142 e. The van der Waals surface area contributed by atoms with E-state index in [1.165, 1.54) is 11.8 Å². The van der Waals surface area contributed by atoms with Gasteiger partial charge in [0.15, 0.2) is 0 Å². The third-order valence-corrected chi connectivity index (χ3v) is 3.80. The number of ether oxygens (including phenoxy) is 1. The molecule has 102 valence electrons. The first-order chi connectivity index (χ1) is 9.69. The van der Waals surface area contributed by atoms with Crippen molar-refractivity contribution in [3.8, 4) is 11.8 Å². The number of benzene rings is 2. The van der Waals surface area contributed by atoms with Crippen molar-refractivity contribution in [1.29, 1.82) is 5.26 Å². The molecule has 0 aliphatic carbocycles. The lowest BCUT2D eigenvalue weighted by Crippen LogP contribution is -1.97. The van der Waals surface area contributed by atoms with Crippen LogP contribution in [0.4, 0.5) is 11.4 Å². The molecule has 0 atom stereocenters. The van der Waals surface area contributed by atoms with Crippen molar-refractivity contribution in [3.05, 3.63) is 47.0 Å². The Morgan fingerprint density at radius 3 is 2.70 bits per heavy atom. The number of anilines is 2. The van der Waals surface area contributed by atoms with Gasteiger partial charge >= 0.3 is 0 Å². The quantitative estimate of drug-likeness (QED) is 0.833. The third-order valence-electron chi connectivity index (χ3n) is 2.79. The minimum atomic E-state index is 0.604. The molecule has 5 heteroatoms. The molecule has 0 aliphatic rings. The number of hydrogen-bond donors (Lipinski definition) is 1. The zero-order valence-electron chi connectivity index (χ0n) is 11.1. The highest BCUT2D eigenvalue weighted by Gasteiger charge is 2.10. The lowest BCUT2D eigenvalue weighted by Gasteiger charge is -2.13. The largest absolute Gasteiger partial charge is 0.495 e. The molecule has 20 heavy (non-hydrogen) atoms. The molecule has 2 aromatic rings. The summed E-state index contributed by atoms with van der Waals surface area (Å²) in [4.78, 5) is 0.929. The van der Waals surface area contributed by atoms with E-state index in [1.807, 2.05) is 24.5 Å². The maximum absolute atomic E-state index is 9.33. The van der Waals surface area contributed by atoms with Crippen LogP contribution in [0.5, 0.6) is 5.75 Å². The van der Waals surface area contributed by atoms with E-state index in [-0.39, 0.29) is 0 Å². The molecule has 0 spiro atoms. The Kier molecular flexibility index (Phi) is 4.78. The van der Waals surface area contributed by atoms with E-state index < -0.39 is 0 Å². The predicted octanol–water partition coefficient (Wildman–Crippen LogP) is 4.69. The van der Waals surface area contributed by atoms with Gasteiger partial charge in [0.25, 0.3) is 0 Å². The summed E-state index contributed by atoms with van der Waals surface area (Å²) in [6.45, 7) is 0. The molecule has 0 unspecified atom stereocenters. The predicted molar refractivity (Wildman–Crippen MR) is 84.2 cm³/mol. The number of halogens is 1. The maximum atomic E-state index is 9.33. The van der Waals surface area contributed by atoms with Crippen molar-refractivity contribution in [3.63, 3.8) is 0 Å². The van der Waals surface area contributed by atoms with Crippen LogP contribution < -0.4 is 10.1 Å². The van der Waals surface area contributed by atoms with Crippen LogP contribution in [0.25, 0.3) is 0 Å². The van der Waals surface area contributed by atoms with Crippen LogP contribution in [-0.4, -0.2) is 13.4 Å². The first kappa shape index (κ1) is 14.6. The molecule has 0 heterocycles. The highest BCUT2D eigenvalue weighted by atomic mass is 35.5. The zero-order chi connectivity index (χ0) is 14.5. The molecule has 0 aliphatic heterocycles. The molecular formula is C15H13ClN2OS. The highest BCUT2D eigenvalue weighted by molar-refractivity contribution is 7.98. The van der Waals surface area contributed by atoms with Gasteiger partial charge in [-0.25, -0.2) is 0 Å². The van der Waals surface area contributed by atoms with Crippen LogP contribution in [0.2, 0.25) is 5.02 Å². The summed E-state index contributed by atoms with van der Waals surface area (Å²) in [5.41, 5.74) is 2.08. The third kappa shape index (κ3) is 3.01. The van der Waals surface area contributed by atoms with E-state index in [9.17, 15) is 5.26 Å². The molecule has 3 nitrogen and oxygen atoms in total. The molecule has 1 N–H and O–H groups in total. The van der Waals surface area contributed by atoms with E-state index in [4.69, 9.17) is 16.3 Å². The first-order valence-corrected chi connectivity index (χ1v) is 7.47. The van der Waals surface area contributed by atoms with E-state index >= 15 is 0 Å². The average molecular weight is 305 g/mol. The lowest BCUT2D eigenvalue weighted by molar-refractivity contribution is 0.417. The molecule has 0 saturated carbocycles. The number of methoxy groups -OCH3 is 1. The van der Waals surface area contributed by atoms with Crippen LogP contribution in [-0.2, 0) is 0 Å². The molecular weight excluding hydrogens is 292 g/mol. The van der Waals surface area contributed by atoms with Crippen LogP contribution in [0.3, 0.4) is 0 Å². The SMILES string of the molecule is COc1ccc(Cl)cc1Nc1cccc(SC)c1C#N. The standard InChI is InChI=1S/C15H13ClN2OS/c1-19-14-7-6-10(16)8-13(14)18-12-4-3-5-15(20-2)11(12)9-17/h3-8,18H,1-2H3. The monoisotopic (exact) mass is 304 g/mol. The molecule has 0 saturated heterocycles. The van der Waals surface area contributed by atoms with Crippen LogP contribution in [0.1, 0.15) is 5.56 Å². The summed E-state index contributed by atoms with van der Waals surface area (Å²) in [6, 6.07) is 13.2. The van der Waals surface area contributed by atoms with E-state index in [1.54, 1.807) is 25.3 Å². The van der Waals surface area contributed by atoms with Gasteiger partial charge in [0.05, 0.1) is 24.0 Å². The van der Waals surface area contributed by atoms with Gasteiger partial charge in [-0.15, -0.1) is 11.8 Å². The summed E-state index contributed by atoms with van der Waals surface area (Å²) in [6.07, 6.45) is 1.94. The minimum absolute atomic E-state index is 0.604. The van der Waals surface area contributed by atoms with Crippen molar-refractivity contribution < 1.29 is 4.74 Å². The topological polar surface area (TPSA) is 45.0 Å². The molecule has 2 rings (SSSR count). The minimum Gasteiger partial charge on any atom is -0.495 e. The van der Waals surface area contributed by atoms with Gasteiger partial charge in [-0.2, -0.15) is 5.26 Å². The summed E-state index contributed by atoms with van der Waals surface area (Å²) in [5, 5.41) is 13.1. The summed E-state index contributed by atoms with van der Waals surface area (Å²) in [7, 11) is 1.60. The van der Waals surface area contributed by atoms with Gasteiger partial charge in [0, 0.05) is 9.92 Å². The van der Waals surface area contributed by atoms with Gasteiger partial charge in [-0.3, -0.25) is 0 Å². The van der Waals surface area contributed by atoms with Crippen LogP contribution in [0.15, 0.2) is 41.3 Å². The highest BCUT2D eigenvalue weighted by Crippen LogP contribution is 2.33. The normalized spacial score (nSPS) is 9.90. The second kappa shape index (κ2) is 6.56. The van der Waals surface area contributed by atoms with E-state index in [0.717, 1.165) is 16.3 Å². The first-order valence-electron chi connectivity index (χ1n) is 5.87. The summed E-state index contributed by atoms with van der Waals surface area (Å²) < 4.78 is 5.29. The zero-order valence-corrected chi connectivity index (χ0v) is 12.7. The fourth-order valence-corrected chi connectivity index (χ4v) is 2.59. The van der Waals surface area contributed by atoms with Crippen molar-refractivity contribution in [2.24, 2.45) is 0 Å². The molecule has 0 fully saturated rings. The van der Waals surface area contributed by atoms with Gasteiger partial charge < -0.3 is 10.1 Å². The Hall–Kier alpha value is -1.83. The average Bonchev–Trinajstić information content (AvgIpc) is 2.47.